The first-order valence-electron chi connectivity index (χ1n) is 7.57. The van der Waals surface area contributed by atoms with E-state index in [1.54, 1.807) is 0 Å². The molecule has 6 heteroatoms. The molecule has 122 valence electrons. The first-order chi connectivity index (χ1) is 11.8. The lowest BCUT2D eigenvalue weighted by Crippen LogP contribution is -2.14. The Morgan fingerprint density at radius 3 is 2.50 bits per heavy atom. The van der Waals surface area contributed by atoms with Crippen LogP contribution in [0.15, 0.2) is 65.2 Å². The molecule has 0 spiro atoms. The van der Waals surface area contributed by atoms with Crippen LogP contribution >= 0.6 is 11.8 Å². The highest BCUT2D eigenvalue weighted by atomic mass is 32.2. The van der Waals surface area contributed by atoms with Crippen LogP contribution in [0.2, 0.25) is 0 Å². The van der Waals surface area contributed by atoms with E-state index in [1.165, 1.54) is 11.8 Å². The summed E-state index contributed by atoms with van der Waals surface area (Å²) in [7, 11) is 0. The second-order valence-corrected chi connectivity index (χ2v) is 6.16. The average Bonchev–Trinajstić information content (AvgIpc) is 3.04. The summed E-state index contributed by atoms with van der Waals surface area (Å²) in [6.07, 6.45) is 0.642. The van der Waals surface area contributed by atoms with Crippen LogP contribution < -0.4 is 5.32 Å². The molecule has 0 saturated heterocycles. The molecule has 1 heterocycles. The van der Waals surface area contributed by atoms with Crippen molar-refractivity contribution < 1.29 is 9.32 Å². The zero-order valence-corrected chi connectivity index (χ0v) is 13.8. The lowest BCUT2D eigenvalue weighted by atomic mass is 10.1. The van der Waals surface area contributed by atoms with Crippen LogP contribution in [0.1, 0.15) is 17.3 Å². The van der Waals surface area contributed by atoms with Crippen molar-refractivity contribution in [2.75, 3.05) is 11.1 Å². The normalized spacial score (nSPS) is 10.5. The lowest BCUT2D eigenvalue weighted by molar-refractivity contribution is -0.113. The van der Waals surface area contributed by atoms with E-state index >= 15 is 0 Å². The van der Waals surface area contributed by atoms with Gasteiger partial charge in [-0.2, -0.15) is 4.98 Å². The first-order valence-corrected chi connectivity index (χ1v) is 8.73. The van der Waals surface area contributed by atoms with Crippen LogP contribution in [-0.2, 0) is 17.0 Å². The third-order valence-corrected chi connectivity index (χ3v) is 4.15. The molecule has 0 aliphatic heterocycles. The summed E-state index contributed by atoms with van der Waals surface area (Å²) in [6.45, 7) is 0. The number of nitrogens with zero attached hydrogens (tertiary/aromatic N) is 2. The molecule has 0 unspecified atom stereocenters. The summed E-state index contributed by atoms with van der Waals surface area (Å²) < 4.78 is 5.22. The van der Waals surface area contributed by atoms with Gasteiger partial charge in [0.05, 0.1) is 11.5 Å². The molecule has 0 fully saturated rings. The van der Waals surface area contributed by atoms with Crippen molar-refractivity contribution >= 4 is 23.4 Å². The molecule has 2 aromatic carbocycles. The van der Waals surface area contributed by atoms with E-state index in [-0.39, 0.29) is 5.91 Å². The van der Waals surface area contributed by atoms with Crippen molar-refractivity contribution in [1.29, 1.82) is 0 Å². The fourth-order valence-electron chi connectivity index (χ4n) is 2.15. The number of carbonyl (C=O) groups excluding carboxylic acids is 1. The number of hydrogen-bond donors (Lipinski definition) is 1. The third kappa shape index (κ3) is 4.96. The second-order valence-electron chi connectivity index (χ2n) is 5.17. The van der Waals surface area contributed by atoms with E-state index in [0.29, 0.717) is 29.6 Å². The summed E-state index contributed by atoms with van der Waals surface area (Å²) in [6, 6.07) is 19.4. The van der Waals surface area contributed by atoms with Crippen molar-refractivity contribution in [3.8, 4) is 0 Å². The predicted octanol–water partition coefficient (Wildman–Crippen LogP) is 3.53. The Balaban J connectivity index is 1.43. The van der Waals surface area contributed by atoms with Crippen LogP contribution in [0, 0.1) is 0 Å². The van der Waals surface area contributed by atoms with Crippen molar-refractivity contribution in [2.24, 2.45) is 0 Å². The van der Waals surface area contributed by atoms with Gasteiger partial charge in [0.15, 0.2) is 5.82 Å². The number of carbonyl (C=O) groups is 1. The van der Waals surface area contributed by atoms with Gasteiger partial charge in [0.2, 0.25) is 11.8 Å². The Bertz CT molecular complexity index is 775. The summed E-state index contributed by atoms with van der Waals surface area (Å²) in [4.78, 5) is 16.2. The highest BCUT2D eigenvalue weighted by molar-refractivity contribution is 7.99. The SMILES string of the molecule is O=C(CSCc1nc(Cc2ccccc2)no1)Nc1ccccc1. The van der Waals surface area contributed by atoms with Gasteiger partial charge >= 0.3 is 0 Å². The Labute approximate surface area is 144 Å². The minimum Gasteiger partial charge on any atom is -0.338 e. The maximum atomic E-state index is 11.9. The van der Waals surface area contributed by atoms with E-state index < -0.39 is 0 Å². The monoisotopic (exact) mass is 339 g/mol. The number of anilines is 1. The van der Waals surface area contributed by atoms with Crippen LogP contribution in [0.3, 0.4) is 0 Å². The number of benzene rings is 2. The maximum absolute atomic E-state index is 11.9. The fraction of sp³-hybridized carbons (Fsp3) is 0.167. The highest BCUT2D eigenvalue weighted by Crippen LogP contribution is 2.13. The minimum atomic E-state index is -0.0461. The van der Waals surface area contributed by atoms with E-state index in [1.807, 2.05) is 60.7 Å². The van der Waals surface area contributed by atoms with E-state index in [0.717, 1.165) is 11.3 Å². The van der Waals surface area contributed by atoms with Gasteiger partial charge in [0, 0.05) is 12.1 Å². The summed E-state index contributed by atoms with van der Waals surface area (Å²) in [5.74, 6) is 2.01. The van der Waals surface area contributed by atoms with Crippen LogP contribution in [-0.4, -0.2) is 21.8 Å². The summed E-state index contributed by atoms with van der Waals surface area (Å²) in [5, 5.41) is 6.82. The fourth-order valence-corrected chi connectivity index (χ4v) is 2.80. The number of amides is 1. The molecule has 0 aliphatic carbocycles. The number of thioether (sulfide) groups is 1. The largest absolute Gasteiger partial charge is 0.338 e. The Morgan fingerprint density at radius 1 is 1.04 bits per heavy atom. The number of nitrogens with one attached hydrogen (secondary N) is 1. The van der Waals surface area contributed by atoms with Gasteiger partial charge in [-0.3, -0.25) is 4.79 Å². The Kier molecular flexibility index (Phi) is 5.63. The smallest absolute Gasteiger partial charge is 0.236 e. The molecule has 24 heavy (non-hydrogen) atoms. The topological polar surface area (TPSA) is 68.0 Å². The molecule has 1 aromatic heterocycles. The van der Waals surface area contributed by atoms with Crippen LogP contribution in [0.25, 0.3) is 0 Å². The molecule has 0 radical (unpaired) electrons. The number of aromatic nitrogens is 2. The molecule has 0 aliphatic rings. The van der Waals surface area contributed by atoms with Crippen molar-refractivity contribution in [2.45, 2.75) is 12.2 Å². The van der Waals surface area contributed by atoms with E-state index in [9.17, 15) is 4.79 Å². The molecular formula is C18H17N3O2S. The standard InChI is InChI=1S/C18H17N3O2S/c22-17(19-15-9-5-2-6-10-15)12-24-13-18-20-16(21-23-18)11-14-7-3-1-4-8-14/h1-10H,11-13H2,(H,19,22). The van der Waals surface area contributed by atoms with Crippen molar-refractivity contribution in [1.82, 2.24) is 10.1 Å². The molecule has 5 nitrogen and oxygen atoms in total. The molecule has 3 rings (SSSR count). The van der Waals surface area contributed by atoms with E-state index in [2.05, 4.69) is 15.5 Å². The molecule has 1 N–H and O–H groups in total. The van der Waals surface area contributed by atoms with E-state index in [4.69, 9.17) is 4.52 Å². The molecular weight excluding hydrogens is 322 g/mol. The number of rotatable bonds is 7. The van der Waals surface area contributed by atoms with Gasteiger partial charge in [0.1, 0.15) is 0 Å². The third-order valence-electron chi connectivity index (χ3n) is 3.23. The van der Waals surface area contributed by atoms with Gasteiger partial charge in [-0.15, -0.1) is 11.8 Å². The van der Waals surface area contributed by atoms with Gasteiger partial charge in [0.25, 0.3) is 0 Å². The van der Waals surface area contributed by atoms with Crippen LogP contribution in [0.4, 0.5) is 5.69 Å². The predicted molar refractivity (Wildman–Crippen MR) is 94.8 cm³/mol. The number of hydrogen-bond acceptors (Lipinski definition) is 5. The maximum Gasteiger partial charge on any atom is 0.236 e. The highest BCUT2D eigenvalue weighted by Gasteiger charge is 2.09. The summed E-state index contributed by atoms with van der Waals surface area (Å²) in [5.41, 5.74) is 1.94. The first kappa shape index (κ1) is 16.3. The zero-order valence-electron chi connectivity index (χ0n) is 13.0. The van der Waals surface area contributed by atoms with Gasteiger partial charge in [-0.05, 0) is 17.7 Å². The van der Waals surface area contributed by atoms with Gasteiger partial charge in [-0.25, -0.2) is 0 Å². The van der Waals surface area contributed by atoms with Gasteiger partial charge in [-0.1, -0.05) is 53.7 Å². The molecule has 0 saturated carbocycles. The molecule has 0 bridgehead atoms. The molecule has 0 atom stereocenters. The number of para-hydroxylation sites is 1. The zero-order chi connectivity index (χ0) is 16.6. The lowest BCUT2D eigenvalue weighted by Gasteiger charge is -2.03. The average molecular weight is 339 g/mol. The second kappa shape index (κ2) is 8.31. The Hall–Kier alpha value is -2.60. The molecule has 1 amide bonds. The van der Waals surface area contributed by atoms with Crippen molar-refractivity contribution in [3.63, 3.8) is 0 Å². The summed E-state index contributed by atoms with van der Waals surface area (Å²) >= 11 is 1.45. The van der Waals surface area contributed by atoms with Crippen molar-refractivity contribution in [3.05, 3.63) is 77.9 Å². The molecule has 3 aromatic rings. The minimum absolute atomic E-state index is 0.0461. The van der Waals surface area contributed by atoms with Gasteiger partial charge < -0.3 is 9.84 Å². The quantitative estimate of drug-likeness (QED) is 0.713. The van der Waals surface area contributed by atoms with Crippen LogP contribution in [0.5, 0.6) is 0 Å². The Morgan fingerprint density at radius 2 is 1.75 bits per heavy atom.